The molecule has 0 spiro atoms. The number of nitrogens with zero attached hydrogens (tertiary/aromatic N) is 3. The van der Waals surface area contributed by atoms with Crippen LogP contribution in [0.15, 0.2) is 36.7 Å². The molecule has 126 valence electrons. The molecule has 1 saturated heterocycles. The van der Waals surface area contributed by atoms with Crippen molar-refractivity contribution >= 4 is 5.97 Å². The van der Waals surface area contributed by atoms with Gasteiger partial charge in [0.1, 0.15) is 0 Å². The van der Waals surface area contributed by atoms with Gasteiger partial charge >= 0.3 is 5.97 Å². The standard InChI is InChI=1S/C19H23N3O2/c1-13(2)22-10-6-14(7-11-22)17-18(21-9-8-20-17)15-4-3-5-16(12-15)19(23)24/h3-5,8-9,12-14H,6-7,10-11H2,1-2H3,(H,23,24). The smallest absolute Gasteiger partial charge is 0.335 e. The van der Waals surface area contributed by atoms with Crippen LogP contribution in [0.25, 0.3) is 11.3 Å². The quantitative estimate of drug-likeness (QED) is 0.933. The van der Waals surface area contributed by atoms with E-state index in [1.165, 1.54) is 0 Å². The van der Waals surface area contributed by atoms with Crippen molar-refractivity contribution in [2.24, 2.45) is 0 Å². The molecule has 0 amide bonds. The van der Waals surface area contributed by atoms with Crippen molar-refractivity contribution in [1.29, 1.82) is 0 Å². The summed E-state index contributed by atoms with van der Waals surface area (Å²) in [5.74, 6) is -0.551. The van der Waals surface area contributed by atoms with Gasteiger partial charge in [-0.25, -0.2) is 4.79 Å². The minimum absolute atomic E-state index is 0.277. The van der Waals surface area contributed by atoms with Crippen LogP contribution in [0.1, 0.15) is 48.7 Å². The summed E-state index contributed by atoms with van der Waals surface area (Å²) in [6.45, 7) is 6.58. The van der Waals surface area contributed by atoms with E-state index in [-0.39, 0.29) is 5.56 Å². The van der Waals surface area contributed by atoms with E-state index in [0.717, 1.165) is 42.9 Å². The highest BCUT2D eigenvalue weighted by atomic mass is 16.4. The summed E-state index contributed by atoms with van der Waals surface area (Å²) < 4.78 is 0. The average molecular weight is 325 g/mol. The third-order valence-electron chi connectivity index (χ3n) is 4.76. The molecular formula is C19H23N3O2. The summed E-state index contributed by atoms with van der Waals surface area (Å²) in [5, 5.41) is 9.21. The highest BCUT2D eigenvalue weighted by molar-refractivity contribution is 5.89. The number of benzene rings is 1. The number of piperidine rings is 1. The van der Waals surface area contributed by atoms with Crippen molar-refractivity contribution in [3.63, 3.8) is 0 Å². The van der Waals surface area contributed by atoms with E-state index in [4.69, 9.17) is 0 Å². The number of rotatable bonds is 4. The first-order valence-electron chi connectivity index (χ1n) is 8.45. The van der Waals surface area contributed by atoms with Gasteiger partial charge in [0.15, 0.2) is 0 Å². The Morgan fingerprint density at radius 1 is 1.21 bits per heavy atom. The van der Waals surface area contributed by atoms with Crippen LogP contribution < -0.4 is 0 Å². The summed E-state index contributed by atoms with van der Waals surface area (Å²) >= 11 is 0. The fraction of sp³-hybridized carbons (Fsp3) is 0.421. The van der Waals surface area contributed by atoms with Crippen molar-refractivity contribution < 1.29 is 9.90 Å². The Bertz CT molecular complexity index is 722. The van der Waals surface area contributed by atoms with Crippen molar-refractivity contribution in [3.8, 4) is 11.3 Å². The molecule has 1 aliphatic rings. The molecule has 1 fully saturated rings. The molecule has 5 nitrogen and oxygen atoms in total. The zero-order valence-electron chi connectivity index (χ0n) is 14.1. The Kier molecular flexibility index (Phi) is 4.90. The van der Waals surface area contributed by atoms with Crippen molar-refractivity contribution in [1.82, 2.24) is 14.9 Å². The monoisotopic (exact) mass is 325 g/mol. The van der Waals surface area contributed by atoms with Crippen LogP contribution in [0.2, 0.25) is 0 Å². The second-order valence-corrected chi connectivity index (χ2v) is 6.58. The number of carboxylic acids is 1. The molecule has 0 bridgehead atoms. The van der Waals surface area contributed by atoms with Gasteiger partial charge in [-0.05, 0) is 51.9 Å². The number of carbonyl (C=O) groups is 1. The predicted molar refractivity (Wildman–Crippen MR) is 93.1 cm³/mol. The van der Waals surface area contributed by atoms with E-state index in [2.05, 4.69) is 28.7 Å². The second-order valence-electron chi connectivity index (χ2n) is 6.58. The molecule has 0 unspecified atom stereocenters. The van der Waals surface area contributed by atoms with Crippen LogP contribution in [-0.2, 0) is 0 Å². The molecule has 2 heterocycles. The van der Waals surface area contributed by atoms with Crippen LogP contribution in [0, 0.1) is 0 Å². The summed E-state index contributed by atoms with van der Waals surface area (Å²) in [4.78, 5) is 22.8. The lowest BCUT2D eigenvalue weighted by molar-refractivity contribution is 0.0697. The van der Waals surface area contributed by atoms with Crippen molar-refractivity contribution in [2.45, 2.75) is 38.6 Å². The van der Waals surface area contributed by atoms with Gasteiger partial charge in [0, 0.05) is 29.9 Å². The lowest BCUT2D eigenvalue weighted by Gasteiger charge is -2.34. The first-order chi connectivity index (χ1) is 11.6. The Balaban J connectivity index is 1.89. The lowest BCUT2D eigenvalue weighted by Crippen LogP contribution is -2.38. The number of hydrogen-bond acceptors (Lipinski definition) is 4. The molecular weight excluding hydrogens is 302 g/mol. The van der Waals surface area contributed by atoms with Gasteiger partial charge in [0.2, 0.25) is 0 Å². The van der Waals surface area contributed by atoms with Gasteiger partial charge in [-0.1, -0.05) is 12.1 Å². The minimum Gasteiger partial charge on any atom is -0.478 e. The van der Waals surface area contributed by atoms with E-state index < -0.39 is 5.97 Å². The highest BCUT2D eigenvalue weighted by Crippen LogP contribution is 2.33. The number of aromatic nitrogens is 2. The van der Waals surface area contributed by atoms with Crippen LogP contribution in [0.5, 0.6) is 0 Å². The molecule has 24 heavy (non-hydrogen) atoms. The Labute approximate surface area is 142 Å². The normalized spacial score (nSPS) is 16.5. The third kappa shape index (κ3) is 3.46. The number of likely N-dealkylation sites (tertiary alicyclic amines) is 1. The molecule has 1 aromatic heterocycles. The maximum absolute atomic E-state index is 11.2. The number of aromatic carboxylic acids is 1. The van der Waals surface area contributed by atoms with E-state index in [9.17, 15) is 9.90 Å². The van der Waals surface area contributed by atoms with Crippen molar-refractivity contribution in [3.05, 3.63) is 47.9 Å². The van der Waals surface area contributed by atoms with Crippen LogP contribution in [-0.4, -0.2) is 45.1 Å². The van der Waals surface area contributed by atoms with Crippen LogP contribution in [0.4, 0.5) is 0 Å². The molecule has 0 aliphatic carbocycles. The summed E-state index contributed by atoms with van der Waals surface area (Å²) in [7, 11) is 0. The molecule has 1 N–H and O–H groups in total. The minimum atomic E-state index is -0.924. The van der Waals surface area contributed by atoms with Crippen molar-refractivity contribution in [2.75, 3.05) is 13.1 Å². The second kappa shape index (κ2) is 7.09. The van der Waals surface area contributed by atoms with Crippen LogP contribution >= 0.6 is 0 Å². The lowest BCUT2D eigenvalue weighted by atomic mass is 9.89. The summed E-state index contributed by atoms with van der Waals surface area (Å²) in [6.07, 6.45) is 5.52. The zero-order valence-corrected chi connectivity index (χ0v) is 14.1. The van der Waals surface area contributed by atoms with Gasteiger partial charge in [-0.2, -0.15) is 0 Å². The molecule has 5 heteroatoms. The average Bonchev–Trinajstić information content (AvgIpc) is 2.62. The van der Waals surface area contributed by atoms with Gasteiger partial charge in [-0.15, -0.1) is 0 Å². The number of carboxylic acid groups (broad SMARTS) is 1. The summed E-state index contributed by atoms with van der Waals surface area (Å²) in [6, 6.07) is 7.52. The van der Waals surface area contributed by atoms with Gasteiger partial charge in [0.05, 0.1) is 17.0 Å². The van der Waals surface area contributed by atoms with E-state index in [1.54, 1.807) is 30.6 Å². The van der Waals surface area contributed by atoms with E-state index in [1.807, 2.05) is 6.07 Å². The first kappa shape index (κ1) is 16.6. The number of hydrogen-bond donors (Lipinski definition) is 1. The third-order valence-corrected chi connectivity index (χ3v) is 4.76. The molecule has 0 saturated carbocycles. The fourth-order valence-corrected chi connectivity index (χ4v) is 3.36. The fourth-order valence-electron chi connectivity index (χ4n) is 3.36. The predicted octanol–water partition coefficient (Wildman–Crippen LogP) is 3.43. The molecule has 0 atom stereocenters. The Morgan fingerprint density at radius 3 is 2.58 bits per heavy atom. The van der Waals surface area contributed by atoms with Gasteiger partial charge in [-0.3, -0.25) is 9.97 Å². The van der Waals surface area contributed by atoms with Gasteiger partial charge < -0.3 is 10.0 Å². The Morgan fingerprint density at radius 2 is 1.92 bits per heavy atom. The first-order valence-corrected chi connectivity index (χ1v) is 8.45. The molecule has 1 aliphatic heterocycles. The maximum Gasteiger partial charge on any atom is 0.335 e. The molecule has 2 aromatic rings. The van der Waals surface area contributed by atoms with E-state index >= 15 is 0 Å². The SMILES string of the molecule is CC(C)N1CCC(c2nccnc2-c2cccc(C(=O)O)c2)CC1. The zero-order chi connectivity index (χ0) is 17.1. The molecule has 1 aromatic carbocycles. The van der Waals surface area contributed by atoms with Gasteiger partial charge in [0.25, 0.3) is 0 Å². The summed E-state index contributed by atoms with van der Waals surface area (Å²) in [5.41, 5.74) is 2.90. The van der Waals surface area contributed by atoms with E-state index in [0.29, 0.717) is 12.0 Å². The molecule has 0 radical (unpaired) electrons. The van der Waals surface area contributed by atoms with Crippen LogP contribution in [0.3, 0.4) is 0 Å². The molecule has 3 rings (SSSR count). The maximum atomic E-state index is 11.2. The largest absolute Gasteiger partial charge is 0.478 e. The highest BCUT2D eigenvalue weighted by Gasteiger charge is 2.25. The Hall–Kier alpha value is -2.27. The topological polar surface area (TPSA) is 66.3 Å².